The minimum Gasteiger partial charge on any atom is -0.466 e. The summed E-state index contributed by atoms with van der Waals surface area (Å²) in [7, 11) is 0. The Morgan fingerprint density at radius 1 is 1.30 bits per heavy atom. The molecule has 2 bridgehead atoms. The van der Waals surface area contributed by atoms with Gasteiger partial charge >= 0.3 is 5.97 Å². The van der Waals surface area contributed by atoms with E-state index in [4.69, 9.17) is 9.47 Å². The summed E-state index contributed by atoms with van der Waals surface area (Å²) < 4.78 is 11.6. The van der Waals surface area contributed by atoms with E-state index >= 15 is 0 Å². The lowest BCUT2D eigenvalue weighted by Crippen LogP contribution is -2.55. The quantitative estimate of drug-likeness (QED) is 0.632. The maximum atomic E-state index is 13.4. The molecule has 8 heteroatoms. The normalized spacial score (nSPS) is 34.2. The molecular formula is C22H28N2O6. The van der Waals surface area contributed by atoms with Crippen molar-refractivity contribution in [2.45, 2.75) is 50.5 Å². The van der Waals surface area contributed by atoms with Crippen LogP contribution in [0, 0.1) is 11.8 Å². The molecule has 0 saturated carbocycles. The van der Waals surface area contributed by atoms with Gasteiger partial charge in [-0.3, -0.25) is 14.4 Å². The first-order valence-corrected chi connectivity index (χ1v) is 10.5. The van der Waals surface area contributed by atoms with Gasteiger partial charge in [0.25, 0.3) is 0 Å². The number of likely N-dealkylation sites (tertiary alicyclic amines) is 1. The van der Waals surface area contributed by atoms with E-state index in [0.29, 0.717) is 19.4 Å². The highest BCUT2D eigenvalue weighted by Crippen LogP contribution is 2.63. The molecule has 162 valence electrons. The van der Waals surface area contributed by atoms with Crippen LogP contribution >= 0.6 is 0 Å². The van der Waals surface area contributed by atoms with Crippen molar-refractivity contribution in [3.8, 4) is 0 Å². The first kappa shape index (κ1) is 20.8. The maximum absolute atomic E-state index is 13.4. The van der Waals surface area contributed by atoms with Gasteiger partial charge in [0.05, 0.1) is 24.7 Å². The number of ether oxygens (including phenoxy) is 2. The summed E-state index contributed by atoms with van der Waals surface area (Å²) in [4.78, 5) is 40.8. The number of carbonyl (C=O) groups is 3. The molecule has 2 amide bonds. The van der Waals surface area contributed by atoms with Gasteiger partial charge in [0, 0.05) is 13.1 Å². The number of nitrogens with zero attached hydrogens (tertiary/aromatic N) is 1. The summed E-state index contributed by atoms with van der Waals surface area (Å²) in [6.07, 6.45) is 1.07. The molecular weight excluding hydrogens is 388 g/mol. The lowest BCUT2D eigenvalue weighted by Gasteiger charge is -2.33. The average molecular weight is 416 g/mol. The third kappa shape index (κ3) is 3.01. The van der Waals surface area contributed by atoms with Crippen molar-refractivity contribution in [2.75, 3.05) is 19.8 Å². The van der Waals surface area contributed by atoms with E-state index in [2.05, 4.69) is 5.32 Å². The minimum atomic E-state index is -1.08. The largest absolute Gasteiger partial charge is 0.466 e. The summed E-state index contributed by atoms with van der Waals surface area (Å²) in [6, 6.07) is 8.59. The number of hydrogen-bond donors (Lipinski definition) is 2. The van der Waals surface area contributed by atoms with Crippen molar-refractivity contribution in [3.05, 3.63) is 35.9 Å². The van der Waals surface area contributed by atoms with Crippen LogP contribution in [0.25, 0.3) is 0 Å². The molecule has 3 aliphatic rings. The van der Waals surface area contributed by atoms with E-state index in [1.165, 1.54) is 4.90 Å². The van der Waals surface area contributed by atoms with Crippen molar-refractivity contribution in [1.82, 2.24) is 10.2 Å². The fraction of sp³-hybridized carbons (Fsp3) is 0.591. The van der Waals surface area contributed by atoms with Gasteiger partial charge in [-0.1, -0.05) is 30.3 Å². The van der Waals surface area contributed by atoms with Gasteiger partial charge in [-0.05, 0) is 32.3 Å². The molecule has 3 fully saturated rings. The van der Waals surface area contributed by atoms with Gasteiger partial charge < -0.3 is 24.8 Å². The number of aliphatic hydroxyl groups excluding tert-OH is 1. The van der Waals surface area contributed by atoms with Gasteiger partial charge in [-0.25, -0.2) is 0 Å². The van der Waals surface area contributed by atoms with Crippen LogP contribution in [0.2, 0.25) is 0 Å². The Morgan fingerprint density at radius 3 is 2.70 bits per heavy atom. The molecule has 1 aromatic carbocycles. The SMILES string of the molecule is CCOC(=O)[C@@H]1[C@H]2C(=O)N(CCO)C(C(=O)NCc3ccccc3)C23CC[C@@]1(C)O3. The number of esters is 1. The van der Waals surface area contributed by atoms with Crippen molar-refractivity contribution >= 4 is 17.8 Å². The second kappa shape index (κ2) is 7.67. The molecule has 0 aliphatic carbocycles. The van der Waals surface area contributed by atoms with Crippen LogP contribution in [0.1, 0.15) is 32.3 Å². The van der Waals surface area contributed by atoms with Crippen molar-refractivity contribution in [1.29, 1.82) is 0 Å². The molecule has 8 nitrogen and oxygen atoms in total. The molecule has 3 saturated heterocycles. The predicted octanol–water partition coefficient (Wildman–Crippen LogP) is 0.623. The zero-order chi connectivity index (χ0) is 21.5. The van der Waals surface area contributed by atoms with E-state index in [1.807, 2.05) is 37.3 Å². The second-order valence-electron chi connectivity index (χ2n) is 8.44. The lowest BCUT2D eigenvalue weighted by atomic mass is 9.66. The Hall–Kier alpha value is -2.45. The van der Waals surface area contributed by atoms with Crippen molar-refractivity contribution in [2.24, 2.45) is 11.8 Å². The number of benzene rings is 1. The first-order chi connectivity index (χ1) is 14.4. The number of nitrogens with one attached hydrogen (secondary N) is 1. The molecule has 4 rings (SSSR count). The monoisotopic (exact) mass is 416 g/mol. The van der Waals surface area contributed by atoms with Crippen LogP contribution in [-0.4, -0.2) is 64.8 Å². The van der Waals surface area contributed by atoms with E-state index in [0.717, 1.165) is 5.56 Å². The van der Waals surface area contributed by atoms with Gasteiger partial charge in [0.15, 0.2) is 0 Å². The van der Waals surface area contributed by atoms with Crippen LogP contribution < -0.4 is 5.32 Å². The van der Waals surface area contributed by atoms with E-state index in [1.54, 1.807) is 6.92 Å². The summed E-state index contributed by atoms with van der Waals surface area (Å²) in [5, 5.41) is 12.4. The number of carbonyl (C=O) groups excluding carboxylic acids is 3. The van der Waals surface area contributed by atoms with Gasteiger partial charge in [0.1, 0.15) is 17.6 Å². The third-order valence-corrected chi connectivity index (χ3v) is 6.72. The van der Waals surface area contributed by atoms with Crippen molar-refractivity contribution < 1.29 is 29.0 Å². The van der Waals surface area contributed by atoms with Crippen LogP contribution in [0.4, 0.5) is 0 Å². The van der Waals surface area contributed by atoms with E-state index < -0.39 is 35.0 Å². The minimum absolute atomic E-state index is 0.0100. The summed E-state index contributed by atoms with van der Waals surface area (Å²) in [5.41, 5.74) is -0.986. The Morgan fingerprint density at radius 2 is 2.03 bits per heavy atom. The molecule has 1 aromatic rings. The Balaban J connectivity index is 1.65. The average Bonchev–Trinajstić information content (AvgIpc) is 3.29. The molecule has 30 heavy (non-hydrogen) atoms. The zero-order valence-corrected chi connectivity index (χ0v) is 17.3. The van der Waals surface area contributed by atoms with E-state index in [9.17, 15) is 19.5 Å². The number of rotatable bonds is 7. The number of β-amino-alcohol motifs (C(OH)–C–C–N with tert-alkyl or cyclic N) is 1. The number of hydrogen-bond acceptors (Lipinski definition) is 6. The second-order valence-corrected chi connectivity index (χ2v) is 8.44. The van der Waals surface area contributed by atoms with E-state index in [-0.39, 0.29) is 31.6 Å². The number of amides is 2. The van der Waals surface area contributed by atoms with Crippen LogP contribution in [0.15, 0.2) is 30.3 Å². The molecule has 0 aromatic heterocycles. The topological polar surface area (TPSA) is 105 Å². The summed E-state index contributed by atoms with van der Waals surface area (Å²) >= 11 is 0. The van der Waals surface area contributed by atoms with Gasteiger partial charge in [-0.15, -0.1) is 0 Å². The molecule has 2 N–H and O–H groups in total. The summed E-state index contributed by atoms with van der Waals surface area (Å²) in [6.45, 7) is 3.80. The lowest BCUT2D eigenvalue weighted by molar-refractivity contribution is -0.159. The smallest absolute Gasteiger partial charge is 0.312 e. The predicted molar refractivity (Wildman–Crippen MR) is 106 cm³/mol. The van der Waals surface area contributed by atoms with Crippen molar-refractivity contribution in [3.63, 3.8) is 0 Å². The summed E-state index contributed by atoms with van der Waals surface area (Å²) in [5.74, 6) is -2.67. The molecule has 1 spiro atoms. The highest BCUT2D eigenvalue weighted by atomic mass is 16.6. The number of fused-ring (bicyclic) bond motifs is 1. The Labute approximate surface area is 175 Å². The molecule has 0 radical (unpaired) electrons. The van der Waals surface area contributed by atoms with Gasteiger partial charge in [-0.2, -0.15) is 0 Å². The third-order valence-electron chi connectivity index (χ3n) is 6.72. The highest BCUT2D eigenvalue weighted by Gasteiger charge is 2.78. The fourth-order valence-corrected chi connectivity index (χ4v) is 5.55. The highest BCUT2D eigenvalue weighted by molar-refractivity contribution is 5.98. The van der Waals surface area contributed by atoms with Gasteiger partial charge in [0.2, 0.25) is 11.8 Å². The zero-order valence-electron chi connectivity index (χ0n) is 17.3. The molecule has 2 unspecified atom stereocenters. The Kier molecular flexibility index (Phi) is 5.32. The number of aliphatic hydroxyl groups is 1. The standard InChI is InChI=1S/C22H28N2O6/c1-3-29-20(28)16-15-19(27)24(11-12-25)17(22(15)10-9-21(16,2)30-22)18(26)23-13-14-7-5-4-6-8-14/h4-8,15-17,25H,3,9-13H2,1-2H3,(H,23,26)/t15-,16-,17?,21+,22?/m0/s1. The first-order valence-electron chi connectivity index (χ1n) is 10.5. The van der Waals surface area contributed by atoms with Crippen LogP contribution in [0.5, 0.6) is 0 Å². The molecule has 3 heterocycles. The maximum Gasteiger partial charge on any atom is 0.312 e. The fourth-order valence-electron chi connectivity index (χ4n) is 5.55. The molecule has 3 aliphatic heterocycles. The Bertz CT molecular complexity index is 845. The van der Waals surface area contributed by atoms with Crippen LogP contribution in [-0.2, 0) is 30.4 Å². The van der Waals surface area contributed by atoms with Crippen LogP contribution in [0.3, 0.4) is 0 Å². The molecule has 5 atom stereocenters.